The molecule has 1 aromatic heterocycles. The molecule has 0 bridgehead atoms. The van der Waals surface area contributed by atoms with Crippen molar-refractivity contribution in [2.45, 2.75) is 32.2 Å². The van der Waals surface area contributed by atoms with Gasteiger partial charge in [-0.3, -0.25) is 4.98 Å². The van der Waals surface area contributed by atoms with Crippen LogP contribution < -0.4 is 5.32 Å². The highest BCUT2D eigenvalue weighted by Crippen LogP contribution is 2.21. The molecule has 0 fully saturated rings. The molecule has 2 nitrogen and oxygen atoms in total. The van der Waals surface area contributed by atoms with Crippen LogP contribution in [0.15, 0.2) is 53.3 Å². The Kier molecular flexibility index (Phi) is 5.74. The Bertz CT molecular complexity index is 526. The van der Waals surface area contributed by atoms with E-state index >= 15 is 0 Å². The number of hydrogen-bond donors (Lipinski definition) is 1. The van der Waals surface area contributed by atoms with Gasteiger partial charge in [0.05, 0.1) is 0 Å². The minimum absolute atomic E-state index is 0.467. The highest BCUT2D eigenvalue weighted by atomic mass is 79.9. The van der Waals surface area contributed by atoms with Gasteiger partial charge in [-0.05, 0) is 39.5 Å². The lowest BCUT2D eigenvalue weighted by Gasteiger charge is -2.20. The highest BCUT2D eigenvalue weighted by molar-refractivity contribution is 9.10. The Labute approximate surface area is 129 Å². The van der Waals surface area contributed by atoms with Crippen molar-refractivity contribution in [3.05, 3.63) is 64.4 Å². The van der Waals surface area contributed by atoms with E-state index in [1.807, 2.05) is 12.4 Å². The maximum absolute atomic E-state index is 4.26. The van der Waals surface area contributed by atoms with Gasteiger partial charge in [0, 0.05) is 35.4 Å². The lowest BCUT2D eigenvalue weighted by Crippen LogP contribution is -2.29. The summed E-state index contributed by atoms with van der Waals surface area (Å²) in [5, 5.41) is 3.55. The third-order valence-electron chi connectivity index (χ3n) is 3.29. The van der Waals surface area contributed by atoms with E-state index in [0.717, 1.165) is 17.4 Å². The first-order valence-electron chi connectivity index (χ1n) is 7.03. The van der Waals surface area contributed by atoms with Crippen LogP contribution in [0.3, 0.4) is 0 Å². The van der Waals surface area contributed by atoms with Crippen LogP contribution >= 0.6 is 15.9 Å². The molecule has 0 aliphatic carbocycles. The van der Waals surface area contributed by atoms with E-state index in [1.165, 1.54) is 11.1 Å². The first-order chi connectivity index (χ1) is 9.65. The van der Waals surface area contributed by atoms with Gasteiger partial charge in [0.25, 0.3) is 0 Å². The average molecular weight is 333 g/mol. The number of benzene rings is 1. The summed E-state index contributed by atoms with van der Waals surface area (Å²) in [5.74, 6) is 0.467. The molecule has 106 valence electrons. The predicted octanol–water partition coefficient (Wildman–Crippen LogP) is 4.17. The molecule has 0 aliphatic rings. The van der Waals surface area contributed by atoms with Crippen molar-refractivity contribution in [2.75, 3.05) is 6.54 Å². The third kappa shape index (κ3) is 4.73. The number of rotatable bonds is 6. The molecule has 0 aliphatic heterocycles. The van der Waals surface area contributed by atoms with Crippen LogP contribution in [0.25, 0.3) is 0 Å². The van der Waals surface area contributed by atoms with Gasteiger partial charge in [0.2, 0.25) is 0 Å². The highest BCUT2D eigenvalue weighted by Gasteiger charge is 2.13. The van der Waals surface area contributed by atoms with Crippen LogP contribution in [-0.4, -0.2) is 17.6 Å². The molecule has 0 radical (unpaired) electrons. The van der Waals surface area contributed by atoms with E-state index in [9.17, 15) is 0 Å². The van der Waals surface area contributed by atoms with Crippen molar-refractivity contribution in [2.24, 2.45) is 0 Å². The molecule has 1 unspecified atom stereocenters. The second-order valence-corrected chi connectivity index (χ2v) is 6.30. The fraction of sp³-hybridized carbons (Fsp3) is 0.353. The zero-order valence-electron chi connectivity index (χ0n) is 12.0. The maximum atomic E-state index is 4.26. The summed E-state index contributed by atoms with van der Waals surface area (Å²) in [5.41, 5.74) is 2.64. The zero-order valence-corrected chi connectivity index (χ0v) is 13.6. The number of halogens is 1. The molecule has 1 N–H and O–H groups in total. The molecule has 0 spiro atoms. The molecule has 0 amide bonds. The van der Waals surface area contributed by atoms with Crippen LogP contribution in [0.1, 0.15) is 30.9 Å². The summed E-state index contributed by atoms with van der Waals surface area (Å²) in [6, 6.07) is 13.3. The summed E-state index contributed by atoms with van der Waals surface area (Å²) in [6.07, 6.45) is 4.78. The Morgan fingerprint density at radius 3 is 2.55 bits per heavy atom. The largest absolute Gasteiger partial charge is 0.314 e. The molecule has 20 heavy (non-hydrogen) atoms. The van der Waals surface area contributed by atoms with Gasteiger partial charge >= 0.3 is 0 Å². The topological polar surface area (TPSA) is 24.9 Å². The van der Waals surface area contributed by atoms with Crippen molar-refractivity contribution in [3.63, 3.8) is 0 Å². The van der Waals surface area contributed by atoms with Crippen LogP contribution in [-0.2, 0) is 6.42 Å². The Hall–Kier alpha value is -1.19. The summed E-state index contributed by atoms with van der Waals surface area (Å²) in [6.45, 7) is 5.35. The van der Waals surface area contributed by atoms with Gasteiger partial charge in [0.15, 0.2) is 0 Å². The Morgan fingerprint density at radius 1 is 1.15 bits per heavy atom. The lowest BCUT2D eigenvalue weighted by molar-refractivity contribution is 0.526. The monoisotopic (exact) mass is 332 g/mol. The zero-order chi connectivity index (χ0) is 14.4. The number of hydrogen-bond acceptors (Lipinski definition) is 2. The van der Waals surface area contributed by atoms with E-state index in [1.54, 1.807) is 0 Å². The van der Waals surface area contributed by atoms with E-state index in [0.29, 0.717) is 12.0 Å². The van der Waals surface area contributed by atoms with Gasteiger partial charge in [-0.15, -0.1) is 0 Å². The fourth-order valence-electron chi connectivity index (χ4n) is 2.26. The van der Waals surface area contributed by atoms with Gasteiger partial charge in [-0.25, -0.2) is 0 Å². The number of pyridine rings is 1. The van der Waals surface area contributed by atoms with E-state index in [-0.39, 0.29) is 0 Å². The van der Waals surface area contributed by atoms with Crippen molar-refractivity contribution < 1.29 is 0 Å². The predicted molar refractivity (Wildman–Crippen MR) is 88.0 cm³/mol. The summed E-state index contributed by atoms with van der Waals surface area (Å²) in [4.78, 5) is 4.26. The summed E-state index contributed by atoms with van der Waals surface area (Å²) >= 11 is 3.49. The molecule has 1 atom stereocenters. The van der Waals surface area contributed by atoms with Crippen molar-refractivity contribution in [1.29, 1.82) is 0 Å². The molecule has 3 heteroatoms. The van der Waals surface area contributed by atoms with E-state index in [2.05, 4.69) is 76.5 Å². The number of nitrogens with zero attached hydrogens (tertiary/aromatic N) is 1. The average Bonchev–Trinajstić information content (AvgIpc) is 2.44. The quantitative estimate of drug-likeness (QED) is 0.858. The van der Waals surface area contributed by atoms with Gasteiger partial charge < -0.3 is 5.32 Å². The number of nitrogens with one attached hydrogen (secondary N) is 1. The normalized spacial score (nSPS) is 12.6. The first kappa shape index (κ1) is 15.2. The van der Waals surface area contributed by atoms with E-state index in [4.69, 9.17) is 0 Å². The molecular weight excluding hydrogens is 312 g/mol. The molecule has 2 aromatic rings. The van der Waals surface area contributed by atoms with Crippen molar-refractivity contribution >= 4 is 15.9 Å². The molecule has 1 aromatic carbocycles. The molecule has 0 saturated carbocycles. The van der Waals surface area contributed by atoms with Crippen LogP contribution in [0, 0.1) is 0 Å². The van der Waals surface area contributed by atoms with Gasteiger partial charge in [-0.2, -0.15) is 0 Å². The lowest BCUT2D eigenvalue weighted by atomic mass is 9.92. The Morgan fingerprint density at radius 2 is 1.90 bits per heavy atom. The molecular formula is C17H21BrN2. The second-order valence-electron chi connectivity index (χ2n) is 5.39. The summed E-state index contributed by atoms with van der Waals surface area (Å²) in [7, 11) is 0. The smallest absolute Gasteiger partial charge is 0.0410 e. The van der Waals surface area contributed by atoms with E-state index < -0.39 is 0 Å². The fourth-order valence-corrected chi connectivity index (χ4v) is 2.68. The van der Waals surface area contributed by atoms with Gasteiger partial charge in [-0.1, -0.05) is 44.2 Å². The summed E-state index contributed by atoms with van der Waals surface area (Å²) < 4.78 is 1.04. The number of aromatic nitrogens is 1. The van der Waals surface area contributed by atoms with Crippen molar-refractivity contribution in [1.82, 2.24) is 10.3 Å². The SMILES string of the molecule is CC(C)NCC(Cc1cncc(Br)c1)c1ccccc1. The minimum Gasteiger partial charge on any atom is -0.314 e. The third-order valence-corrected chi connectivity index (χ3v) is 3.72. The second kappa shape index (κ2) is 7.55. The first-order valence-corrected chi connectivity index (χ1v) is 7.82. The van der Waals surface area contributed by atoms with Crippen LogP contribution in [0.5, 0.6) is 0 Å². The standard InChI is InChI=1S/C17H21BrN2/c1-13(2)20-11-16(15-6-4-3-5-7-15)8-14-9-17(18)12-19-10-14/h3-7,9-10,12-13,16,20H,8,11H2,1-2H3. The Balaban J connectivity index is 2.14. The van der Waals surface area contributed by atoms with Crippen LogP contribution in [0.2, 0.25) is 0 Å². The molecule has 1 heterocycles. The minimum atomic E-state index is 0.467. The molecule has 0 saturated heterocycles. The van der Waals surface area contributed by atoms with Gasteiger partial charge in [0.1, 0.15) is 0 Å². The maximum Gasteiger partial charge on any atom is 0.0410 e. The van der Waals surface area contributed by atoms with Crippen LogP contribution in [0.4, 0.5) is 0 Å². The van der Waals surface area contributed by atoms with Crippen molar-refractivity contribution in [3.8, 4) is 0 Å². The molecule has 2 rings (SSSR count).